The SMILES string of the molecule is CCC(C)CCSCCSCCOc1cc2cc(-c3ccoc3)c(=O)oc2cn1. The normalized spacial score (nSPS) is 12.3. The molecule has 29 heavy (non-hydrogen) atoms. The molecule has 1 atom stereocenters. The molecule has 3 aromatic rings. The fourth-order valence-electron chi connectivity index (χ4n) is 2.72. The molecule has 156 valence electrons. The minimum atomic E-state index is -0.409. The van der Waals surface area contributed by atoms with E-state index in [1.165, 1.54) is 43.1 Å². The zero-order valence-electron chi connectivity index (χ0n) is 16.9. The van der Waals surface area contributed by atoms with Crippen molar-refractivity contribution >= 4 is 34.5 Å². The number of pyridine rings is 1. The van der Waals surface area contributed by atoms with E-state index < -0.39 is 5.63 Å². The molecule has 0 spiro atoms. The fraction of sp³-hybridized carbons (Fsp3) is 0.455. The summed E-state index contributed by atoms with van der Waals surface area (Å²) in [4.78, 5) is 16.4. The van der Waals surface area contributed by atoms with Gasteiger partial charge in [-0.1, -0.05) is 20.3 Å². The van der Waals surface area contributed by atoms with Crippen LogP contribution >= 0.6 is 23.5 Å². The van der Waals surface area contributed by atoms with Crippen molar-refractivity contribution in [2.24, 2.45) is 5.92 Å². The maximum Gasteiger partial charge on any atom is 0.344 e. The van der Waals surface area contributed by atoms with E-state index in [9.17, 15) is 4.79 Å². The van der Waals surface area contributed by atoms with Gasteiger partial charge < -0.3 is 13.6 Å². The van der Waals surface area contributed by atoms with E-state index in [1.54, 1.807) is 18.2 Å². The highest BCUT2D eigenvalue weighted by molar-refractivity contribution is 8.02. The molecule has 0 aliphatic carbocycles. The van der Waals surface area contributed by atoms with Crippen LogP contribution in [0.3, 0.4) is 0 Å². The molecule has 0 saturated heterocycles. The fourth-order valence-corrected chi connectivity index (χ4v) is 4.84. The highest BCUT2D eigenvalue weighted by Crippen LogP contribution is 2.23. The second-order valence-electron chi connectivity index (χ2n) is 6.90. The lowest BCUT2D eigenvalue weighted by molar-refractivity contribution is 0.330. The average Bonchev–Trinajstić information content (AvgIpc) is 3.26. The molecular formula is C22H27NO4S2. The maximum absolute atomic E-state index is 12.1. The number of hydrogen-bond acceptors (Lipinski definition) is 7. The number of nitrogens with zero attached hydrogens (tertiary/aromatic N) is 1. The van der Waals surface area contributed by atoms with Crippen molar-refractivity contribution in [3.8, 4) is 17.0 Å². The first-order valence-electron chi connectivity index (χ1n) is 9.92. The van der Waals surface area contributed by atoms with Crippen molar-refractivity contribution in [3.63, 3.8) is 0 Å². The summed E-state index contributed by atoms with van der Waals surface area (Å²) in [5.41, 5.74) is 1.19. The minimum absolute atomic E-state index is 0.409. The van der Waals surface area contributed by atoms with Gasteiger partial charge in [0, 0.05) is 34.3 Å². The van der Waals surface area contributed by atoms with Crippen LogP contribution in [-0.4, -0.2) is 34.6 Å². The molecule has 5 nitrogen and oxygen atoms in total. The van der Waals surface area contributed by atoms with Crippen LogP contribution in [0.1, 0.15) is 26.7 Å². The Labute approximate surface area is 179 Å². The molecule has 0 aliphatic heterocycles. The zero-order valence-corrected chi connectivity index (χ0v) is 18.5. The zero-order chi connectivity index (χ0) is 20.5. The summed E-state index contributed by atoms with van der Waals surface area (Å²) in [5.74, 6) is 5.87. The average molecular weight is 434 g/mol. The molecule has 0 N–H and O–H groups in total. The molecule has 0 bridgehead atoms. The molecular weight excluding hydrogens is 406 g/mol. The quantitative estimate of drug-likeness (QED) is 0.338. The molecule has 3 aromatic heterocycles. The molecule has 0 amide bonds. The topological polar surface area (TPSA) is 65.5 Å². The van der Waals surface area contributed by atoms with Crippen LogP contribution in [0.2, 0.25) is 0 Å². The van der Waals surface area contributed by atoms with E-state index >= 15 is 0 Å². The number of furan rings is 1. The van der Waals surface area contributed by atoms with Crippen LogP contribution in [0.4, 0.5) is 0 Å². The van der Waals surface area contributed by atoms with Crippen LogP contribution in [0.5, 0.6) is 5.88 Å². The third-order valence-electron chi connectivity index (χ3n) is 4.73. The van der Waals surface area contributed by atoms with Crippen molar-refractivity contribution in [1.82, 2.24) is 4.98 Å². The predicted octanol–water partition coefficient (Wildman–Crippen LogP) is 5.73. The Morgan fingerprint density at radius 2 is 2.00 bits per heavy atom. The van der Waals surface area contributed by atoms with Crippen molar-refractivity contribution in [3.05, 3.63) is 47.3 Å². The number of thioether (sulfide) groups is 2. The Morgan fingerprint density at radius 1 is 1.17 bits per heavy atom. The summed E-state index contributed by atoms with van der Waals surface area (Å²) < 4.78 is 16.2. The molecule has 7 heteroatoms. The second kappa shape index (κ2) is 11.4. The van der Waals surface area contributed by atoms with E-state index in [0.29, 0.717) is 29.2 Å². The van der Waals surface area contributed by atoms with Gasteiger partial charge in [0.25, 0.3) is 0 Å². The first-order chi connectivity index (χ1) is 14.2. The lowest BCUT2D eigenvalue weighted by atomic mass is 10.1. The first-order valence-corrected chi connectivity index (χ1v) is 12.2. The van der Waals surface area contributed by atoms with E-state index in [0.717, 1.165) is 22.8 Å². The van der Waals surface area contributed by atoms with Crippen molar-refractivity contribution < 1.29 is 13.6 Å². The van der Waals surface area contributed by atoms with Gasteiger partial charge in [-0.15, -0.1) is 0 Å². The van der Waals surface area contributed by atoms with Crippen LogP contribution in [0.25, 0.3) is 22.1 Å². The van der Waals surface area contributed by atoms with Gasteiger partial charge in [0.05, 0.1) is 30.9 Å². The summed E-state index contributed by atoms with van der Waals surface area (Å²) in [6.45, 7) is 5.18. The van der Waals surface area contributed by atoms with Crippen molar-refractivity contribution in [1.29, 1.82) is 0 Å². The monoisotopic (exact) mass is 433 g/mol. The Hall–Kier alpha value is -1.86. The molecule has 1 unspecified atom stereocenters. The second-order valence-corrected chi connectivity index (χ2v) is 9.34. The summed E-state index contributed by atoms with van der Waals surface area (Å²) in [6, 6.07) is 5.32. The third-order valence-corrected chi connectivity index (χ3v) is 6.95. The standard InChI is InChI=1S/C22H27NO4S2/c1-3-16(2)5-8-28-10-11-29-9-7-26-21-13-18-12-19(17-4-6-25-15-17)22(24)27-20(18)14-23-21/h4,6,12-16H,3,5,7-11H2,1-2H3. The van der Waals surface area contributed by atoms with Gasteiger partial charge in [0.2, 0.25) is 5.88 Å². The van der Waals surface area contributed by atoms with E-state index in [4.69, 9.17) is 13.6 Å². The predicted molar refractivity (Wildman–Crippen MR) is 122 cm³/mol. The third kappa shape index (κ3) is 6.57. The Balaban J connectivity index is 1.44. The Morgan fingerprint density at radius 3 is 2.76 bits per heavy atom. The van der Waals surface area contributed by atoms with Crippen molar-refractivity contribution in [2.45, 2.75) is 26.7 Å². The molecule has 0 aliphatic rings. The molecule has 3 heterocycles. The van der Waals surface area contributed by atoms with Gasteiger partial charge in [-0.3, -0.25) is 0 Å². The van der Waals surface area contributed by atoms with Gasteiger partial charge in [-0.25, -0.2) is 9.78 Å². The van der Waals surface area contributed by atoms with Crippen molar-refractivity contribution in [2.75, 3.05) is 29.6 Å². The smallest absolute Gasteiger partial charge is 0.344 e. The number of hydrogen-bond donors (Lipinski definition) is 0. The maximum atomic E-state index is 12.1. The molecule has 0 saturated carbocycles. The molecule has 0 fully saturated rings. The van der Waals surface area contributed by atoms with E-state index in [1.807, 2.05) is 23.5 Å². The highest BCUT2D eigenvalue weighted by Gasteiger charge is 2.10. The largest absolute Gasteiger partial charge is 0.477 e. The highest BCUT2D eigenvalue weighted by atomic mass is 32.2. The Bertz CT molecular complexity index is 940. The Kier molecular flexibility index (Phi) is 8.55. The van der Waals surface area contributed by atoms with Gasteiger partial charge in [0.1, 0.15) is 0 Å². The van der Waals surface area contributed by atoms with Crippen LogP contribution < -0.4 is 10.4 Å². The summed E-state index contributed by atoms with van der Waals surface area (Å²) in [5, 5.41) is 0.774. The minimum Gasteiger partial charge on any atom is -0.477 e. The number of ether oxygens (including phenoxy) is 1. The first kappa shape index (κ1) is 21.8. The number of fused-ring (bicyclic) bond motifs is 1. The van der Waals surface area contributed by atoms with Crippen LogP contribution in [0, 0.1) is 5.92 Å². The summed E-state index contributed by atoms with van der Waals surface area (Å²) >= 11 is 3.94. The van der Waals surface area contributed by atoms with E-state index in [2.05, 4.69) is 18.8 Å². The van der Waals surface area contributed by atoms with Crippen LogP contribution in [-0.2, 0) is 0 Å². The van der Waals surface area contributed by atoms with Gasteiger partial charge >= 0.3 is 5.63 Å². The number of aromatic nitrogens is 1. The number of rotatable bonds is 12. The van der Waals surface area contributed by atoms with Crippen LogP contribution in [0.15, 0.2) is 50.6 Å². The van der Waals surface area contributed by atoms with Gasteiger partial charge in [-0.2, -0.15) is 23.5 Å². The lowest BCUT2D eigenvalue weighted by Gasteiger charge is -2.08. The van der Waals surface area contributed by atoms with Gasteiger partial charge in [0.15, 0.2) is 5.58 Å². The molecule has 0 aromatic carbocycles. The summed E-state index contributed by atoms with van der Waals surface area (Å²) in [7, 11) is 0. The van der Waals surface area contributed by atoms with Gasteiger partial charge in [-0.05, 0) is 30.2 Å². The lowest BCUT2D eigenvalue weighted by Crippen LogP contribution is -2.04. The van der Waals surface area contributed by atoms with E-state index in [-0.39, 0.29) is 0 Å². The molecule has 3 rings (SSSR count). The molecule has 0 radical (unpaired) electrons. The summed E-state index contributed by atoms with van der Waals surface area (Å²) in [6.07, 6.45) is 7.17.